The first-order valence-electron chi connectivity index (χ1n) is 12.2. The molecule has 0 aliphatic rings. The lowest BCUT2D eigenvalue weighted by Crippen LogP contribution is -2.26. The summed E-state index contributed by atoms with van der Waals surface area (Å²) in [5.74, 6) is 0.577. The zero-order valence-electron chi connectivity index (χ0n) is 23.5. The molecule has 0 aliphatic carbocycles. The summed E-state index contributed by atoms with van der Waals surface area (Å²) in [7, 11) is 1.54. The highest BCUT2D eigenvalue weighted by Gasteiger charge is 2.29. The minimum absolute atomic E-state index is 0.277. The number of rotatable bonds is 8. The molecule has 200 valence electrons. The van der Waals surface area contributed by atoms with Crippen LogP contribution in [0.2, 0.25) is 0 Å². The average molecular weight is 511 g/mol. The van der Waals surface area contributed by atoms with Gasteiger partial charge in [-0.25, -0.2) is 0 Å². The van der Waals surface area contributed by atoms with Crippen molar-refractivity contribution in [1.29, 1.82) is 0 Å². The van der Waals surface area contributed by atoms with Crippen LogP contribution in [0.25, 0.3) is 6.08 Å². The average Bonchev–Trinajstić information content (AvgIpc) is 2.81. The second kappa shape index (κ2) is 11.6. The molecule has 0 aromatic heterocycles. The summed E-state index contributed by atoms with van der Waals surface area (Å²) in [6, 6.07) is 6.34. The molecular weight excluding hydrogens is 472 g/mol. The fourth-order valence-corrected chi connectivity index (χ4v) is 3.36. The van der Waals surface area contributed by atoms with Crippen LogP contribution in [0.1, 0.15) is 75.5 Å². The van der Waals surface area contributed by atoms with E-state index in [0.717, 1.165) is 5.56 Å². The van der Waals surface area contributed by atoms with E-state index in [9.17, 15) is 14.4 Å². The van der Waals surface area contributed by atoms with Gasteiger partial charge in [-0.2, -0.15) is 0 Å². The predicted molar refractivity (Wildman–Crippen MR) is 144 cm³/mol. The molecule has 0 bridgehead atoms. The van der Waals surface area contributed by atoms with Gasteiger partial charge in [0.1, 0.15) is 23.0 Å². The van der Waals surface area contributed by atoms with Crippen LogP contribution in [0.4, 0.5) is 0 Å². The van der Waals surface area contributed by atoms with E-state index >= 15 is 0 Å². The maximum absolute atomic E-state index is 13.0. The standard InChI is InChI=1S/C30H38O7/c1-11-35-25-18(2)24(34-10)19(3)26(37-28(33)30(7,8)9)22(25)16-17-23(31)20-12-14-21(15-13-20)36-27(32)29(4,5)6/h12-17H,11H2,1-10H3. The molecule has 0 amide bonds. The fraction of sp³-hybridized carbons (Fsp3) is 0.433. The van der Waals surface area contributed by atoms with Crippen molar-refractivity contribution in [2.45, 2.75) is 62.3 Å². The summed E-state index contributed by atoms with van der Waals surface area (Å²) in [5, 5.41) is 0. The summed E-state index contributed by atoms with van der Waals surface area (Å²) < 4.78 is 22.7. The van der Waals surface area contributed by atoms with Crippen molar-refractivity contribution >= 4 is 23.8 Å². The van der Waals surface area contributed by atoms with Crippen LogP contribution < -0.4 is 18.9 Å². The second-order valence-electron chi connectivity index (χ2n) is 10.8. The fourth-order valence-electron chi connectivity index (χ4n) is 3.36. The molecular formula is C30H38O7. The topological polar surface area (TPSA) is 88.1 Å². The molecule has 7 nitrogen and oxygen atoms in total. The first-order chi connectivity index (χ1) is 17.1. The number of esters is 2. The van der Waals surface area contributed by atoms with Crippen molar-refractivity contribution < 1.29 is 33.3 Å². The van der Waals surface area contributed by atoms with Gasteiger partial charge in [0.15, 0.2) is 5.78 Å². The molecule has 0 N–H and O–H groups in total. The number of hydrogen-bond acceptors (Lipinski definition) is 7. The van der Waals surface area contributed by atoms with Gasteiger partial charge in [-0.3, -0.25) is 14.4 Å². The maximum atomic E-state index is 13.0. The van der Waals surface area contributed by atoms with Crippen molar-refractivity contribution in [2.75, 3.05) is 13.7 Å². The lowest BCUT2D eigenvalue weighted by molar-refractivity contribution is -0.143. The molecule has 7 heteroatoms. The van der Waals surface area contributed by atoms with E-state index in [1.54, 1.807) is 85.9 Å². The Bertz CT molecular complexity index is 1190. The Morgan fingerprint density at radius 3 is 1.78 bits per heavy atom. The number of methoxy groups -OCH3 is 1. The van der Waals surface area contributed by atoms with E-state index in [1.807, 2.05) is 13.8 Å². The first kappa shape index (κ1) is 29.6. The number of carbonyl (C=O) groups excluding carboxylic acids is 3. The van der Waals surface area contributed by atoms with E-state index in [1.165, 1.54) is 6.08 Å². The van der Waals surface area contributed by atoms with Crippen LogP contribution in [0.15, 0.2) is 30.3 Å². The molecule has 2 aromatic carbocycles. The molecule has 0 radical (unpaired) electrons. The van der Waals surface area contributed by atoms with Gasteiger partial charge in [-0.05, 0) is 98.7 Å². The number of ketones is 1. The minimum Gasteiger partial charge on any atom is -0.496 e. The lowest BCUT2D eigenvalue weighted by Gasteiger charge is -2.23. The van der Waals surface area contributed by atoms with Crippen LogP contribution in [-0.4, -0.2) is 31.4 Å². The number of hydrogen-bond donors (Lipinski definition) is 0. The number of benzene rings is 2. The van der Waals surface area contributed by atoms with Crippen LogP contribution in [-0.2, 0) is 9.59 Å². The van der Waals surface area contributed by atoms with E-state index in [0.29, 0.717) is 40.5 Å². The lowest BCUT2D eigenvalue weighted by atomic mass is 9.96. The third-order valence-electron chi connectivity index (χ3n) is 5.51. The number of ether oxygens (including phenoxy) is 4. The summed E-state index contributed by atoms with van der Waals surface area (Å²) in [6.07, 6.45) is 2.99. The van der Waals surface area contributed by atoms with Crippen molar-refractivity contribution in [3.8, 4) is 23.0 Å². The molecule has 2 aromatic rings. The molecule has 2 rings (SSSR count). The van der Waals surface area contributed by atoms with E-state index in [4.69, 9.17) is 18.9 Å². The number of carbonyl (C=O) groups is 3. The molecule has 37 heavy (non-hydrogen) atoms. The van der Waals surface area contributed by atoms with Gasteiger partial charge in [0.2, 0.25) is 0 Å². The molecule has 0 aliphatic heterocycles. The van der Waals surface area contributed by atoms with E-state index in [-0.39, 0.29) is 17.5 Å². The molecule has 0 saturated carbocycles. The van der Waals surface area contributed by atoms with Gasteiger partial charge in [0, 0.05) is 16.7 Å². The van der Waals surface area contributed by atoms with Gasteiger partial charge in [0.25, 0.3) is 0 Å². The van der Waals surface area contributed by atoms with E-state index < -0.39 is 16.8 Å². The van der Waals surface area contributed by atoms with Gasteiger partial charge in [-0.1, -0.05) is 0 Å². The predicted octanol–water partition coefficient (Wildman–Crippen LogP) is 6.51. The molecule has 0 spiro atoms. The van der Waals surface area contributed by atoms with Crippen molar-refractivity contribution in [3.05, 3.63) is 52.6 Å². The summed E-state index contributed by atoms with van der Waals surface area (Å²) in [5.41, 5.74) is 0.843. The molecule has 0 fully saturated rings. The third kappa shape index (κ3) is 7.21. The zero-order valence-corrected chi connectivity index (χ0v) is 23.5. The van der Waals surface area contributed by atoms with Gasteiger partial charge in [-0.15, -0.1) is 0 Å². The van der Waals surface area contributed by atoms with Crippen LogP contribution in [0.3, 0.4) is 0 Å². The first-order valence-corrected chi connectivity index (χ1v) is 12.2. The highest BCUT2D eigenvalue weighted by Crippen LogP contribution is 2.44. The minimum atomic E-state index is -0.745. The van der Waals surface area contributed by atoms with E-state index in [2.05, 4.69) is 0 Å². The highest BCUT2D eigenvalue weighted by atomic mass is 16.5. The maximum Gasteiger partial charge on any atom is 0.316 e. The second-order valence-corrected chi connectivity index (χ2v) is 10.8. The quantitative estimate of drug-likeness (QED) is 0.173. The van der Waals surface area contributed by atoms with Crippen LogP contribution in [0, 0.1) is 24.7 Å². The SMILES string of the molecule is CCOc1c(C)c(OC)c(C)c(OC(=O)C(C)(C)C)c1C=CC(=O)c1ccc(OC(=O)C(C)(C)C)cc1. The van der Waals surface area contributed by atoms with Crippen LogP contribution in [0.5, 0.6) is 23.0 Å². The van der Waals surface area contributed by atoms with Gasteiger partial charge >= 0.3 is 11.9 Å². The summed E-state index contributed by atoms with van der Waals surface area (Å²) in [4.78, 5) is 37.9. The smallest absolute Gasteiger partial charge is 0.316 e. The molecule has 0 saturated heterocycles. The largest absolute Gasteiger partial charge is 0.496 e. The Balaban J connectivity index is 2.49. The highest BCUT2D eigenvalue weighted by molar-refractivity contribution is 6.07. The Labute approximate surface area is 219 Å². The van der Waals surface area contributed by atoms with Crippen molar-refractivity contribution in [2.24, 2.45) is 10.8 Å². The Kier molecular flexibility index (Phi) is 9.31. The van der Waals surface area contributed by atoms with Crippen molar-refractivity contribution in [1.82, 2.24) is 0 Å². The van der Waals surface area contributed by atoms with Crippen molar-refractivity contribution in [3.63, 3.8) is 0 Å². The Hall–Kier alpha value is -3.61. The van der Waals surface area contributed by atoms with Crippen LogP contribution >= 0.6 is 0 Å². The number of allylic oxidation sites excluding steroid dienone is 1. The normalized spacial score (nSPS) is 11.8. The van der Waals surface area contributed by atoms with Gasteiger partial charge in [0.05, 0.1) is 30.1 Å². The summed E-state index contributed by atoms with van der Waals surface area (Å²) in [6.45, 7) is 16.5. The molecule has 0 heterocycles. The summed E-state index contributed by atoms with van der Waals surface area (Å²) >= 11 is 0. The molecule has 0 unspecified atom stereocenters. The zero-order chi connectivity index (χ0) is 28.1. The Morgan fingerprint density at radius 1 is 0.784 bits per heavy atom. The Morgan fingerprint density at radius 2 is 1.30 bits per heavy atom. The monoisotopic (exact) mass is 510 g/mol. The third-order valence-corrected chi connectivity index (χ3v) is 5.51. The molecule has 0 atom stereocenters. The van der Waals surface area contributed by atoms with Gasteiger partial charge < -0.3 is 18.9 Å².